The van der Waals surface area contributed by atoms with Crippen molar-refractivity contribution in [1.29, 1.82) is 0 Å². The molecule has 1 aromatic heterocycles. The van der Waals surface area contributed by atoms with Crippen LogP contribution in [0, 0.1) is 6.92 Å². The molecule has 2 amide bonds. The zero-order valence-corrected chi connectivity index (χ0v) is 14.7. The average Bonchev–Trinajstić information content (AvgIpc) is 2.79. The number of oxazole rings is 1. The fraction of sp³-hybridized carbons (Fsp3) is 0.500. The maximum absolute atomic E-state index is 12.6. The van der Waals surface area contributed by atoms with Gasteiger partial charge >= 0.3 is 6.09 Å². The number of carbonyl (C=O) groups excluding carboxylic acids is 2. The van der Waals surface area contributed by atoms with Crippen LogP contribution in [0.4, 0.5) is 4.79 Å². The van der Waals surface area contributed by atoms with Crippen LogP contribution in [-0.2, 0) is 16.0 Å². The van der Waals surface area contributed by atoms with Crippen LogP contribution in [0.5, 0.6) is 0 Å². The molecule has 0 bridgehead atoms. The number of benzene rings is 1. The Bertz CT molecular complexity index is 771. The first-order valence-corrected chi connectivity index (χ1v) is 8.62. The summed E-state index contributed by atoms with van der Waals surface area (Å²) in [5, 5.41) is 0. The van der Waals surface area contributed by atoms with Gasteiger partial charge < -0.3 is 19.0 Å². The zero-order valence-electron chi connectivity index (χ0n) is 14.7. The van der Waals surface area contributed by atoms with E-state index >= 15 is 0 Å². The number of amides is 2. The van der Waals surface area contributed by atoms with Crippen LogP contribution in [0.25, 0.3) is 11.1 Å². The monoisotopic (exact) mass is 345 g/mol. The highest BCUT2D eigenvalue weighted by Gasteiger charge is 2.22. The van der Waals surface area contributed by atoms with Crippen molar-refractivity contribution in [1.82, 2.24) is 14.8 Å². The summed E-state index contributed by atoms with van der Waals surface area (Å²) in [6.07, 6.45) is 0.767. The van der Waals surface area contributed by atoms with E-state index in [0.717, 1.165) is 17.5 Å². The first-order valence-electron chi connectivity index (χ1n) is 8.62. The second-order valence-electron chi connectivity index (χ2n) is 6.13. The van der Waals surface area contributed by atoms with Crippen molar-refractivity contribution in [3.63, 3.8) is 0 Å². The van der Waals surface area contributed by atoms with Crippen molar-refractivity contribution in [3.8, 4) is 0 Å². The largest absolute Gasteiger partial charge is 0.450 e. The van der Waals surface area contributed by atoms with E-state index in [0.29, 0.717) is 50.7 Å². The Balaban J connectivity index is 1.61. The van der Waals surface area contributed by atoms with E-state index in [1.54, 1.807) is 18.7 Å². The molecular weight excluding hydrogens is 322 g/mol. The number of rotatable bonds is 3. The van der Waals surface area contributed by atoms with E-state index in [2.05, 4.69) is 4.98 Å². The van der Waals surface area contributed by atoms with Crippen molar-refractivity contribution in [2.75, 3.05) is 32.8 Å². The maximum atomic E-state index is 12.6. The lowest BCUT2D eigenvalue weighted by atomic mass is 10.1. The van der Waals surface area contributed by atoms with Gasteiger partial charge in [-0.1, -0.05) is 6.07 Å². The van der Waals surface area contributed by atoms with E-state index < -0.39 is 0 Å². The fourth-order valence-corrected chi connectivity index (χ4v) is 3.04. The summed E-state index contributed by atoms with van der Waals surface area (Å²) < 4.78 is 10.6. The van der Waals surface area contributed by atoms with Crippen LogP contribution in [0.15, 0.2) is 22.6 Å². The second kappa shape index (κ2) is 7.55. The number of aromatic nitrogens is 1. The molecule has 1 fully saturated rings. The van der Waals surface area contributed by atoms with Gasteiger partial charge in [-0.2, -0.15) is 0 Å². The molecule has 1 aliphatic rings. The molecule has 0 unspecified atom stereocenters. The fourth-order valence-electron chi connectivity index (χ4n) is 3.04. The smallest absolute Gasteiger partial charge is 0.409 e. The molecule has 7 heteroatoms. The van der Waals surface area contributed by atoms with E-state index in [9.17, 15) is 9.59 Å². The SMILES string of the molecule is CCOC(=O)N1CCCN(C(=O)Cc2ccc3nc(C)oc3c2)CC1. The zero-order chi connectivity index (χ0) is 17.8. The molecule has 2 heterocycles. The Labute approximate surface area is 146 Å². The molecule has 0 atom stereocenters. The molecule has 1 aromatic carbocycles. The number of hydrogen-bond acceptors (Lipinski definition) is 5. The van der Waals surface area contributed by atoms with Crippen molar-refractivity contribution in [2.45, 2.75) is 26.7 Å². The van der Waals surface area contributed by atoms with Crippen LogP contribution in [0.1, 0.15) is 24.8 Å². The van der Waals surface area contributed by atoms with Crippen LogP contribution in [0.2, 0.25) is 0 Å². The van der Waals surface area contributed by atoms with E-state index in [-0.39, 0.29) is 12.0 Å². The third-order valence-corrected chi connectivity index (χ3v) is 4.29. The Hall–Kier alpha value is -2.57. The lowest BCUT2D eigenvalue weighted by Gasteiger charge is -2.21. The van der Waals surface area contributed by atoms with Crippen LogP contribution in [0.3, 0.4) is 0 Å². The molecular formula is C18H23N3O4. The predicted octanol–water partition coefficient (Wildman–Crippen LogP) is 2.37. The molecule has 25 heavy (non-hydrogen) atoms. The van der Waals surface area contributed by atoms with Crippen molar-refractivity contribution < 1.29 is 18.7 Å². The minimum Gasteiger partial charge on any atom is -0.450 e. The highest BCUT2D eigenvalue weighted by atomic mass is 16.6. The lowest BCUT2D eigenvalue weighted by molar-refractivity contribution is -0.130. The summed E-state index contributed by atoms with van der Waals surface area (Å²) >= 11 is 0. The number of ether oxygens (including phenoxy) is 1. The normalized spacial score (nSPS) is 15.3. The standard InChI is InChI=1S/C18H23N3O4/c1-3-24-18(23)21-8-4-7-20(9-10-21)17(22)12-14-5-6-15-16(11-14)25-13(2)19-15/h5-6,11H,3-4,7-10,12H2,1-2H3. The topological polar surface area (TPSA) is 75.9 Å². The van der Waals surface area contributed by atoms with E-state index in [1.165, 1.54) is 0 Å². The van der Waals surface area contributed by atoms with Gasteiger partial charge in [0.05, 0.1) is 13.0 Å². The summed E-state index contributed by atoms with van der Waals surface area (Å²) in [7, 11) is 0. The summed E-state index contributed by atoms with van der Waals surface area (Å²) in [6.45, 7) is 6.26. The number of fused-ring (bicyclic) bond motifs is 1. The van der Waals surface area contributed by atoms with Crippen LogP contribution in [-0.4, -0.2) is 59.6 Å². The highest BCUT2D eigenvalue weighted by molar-refractivity contribution is 5.81. The van der Waals surface area contributed by atoms with Crippen molar-refractivity contribution in [2.24, 2.45) is 0 Å². The number of aryl methyl sites for hydroxylation is 1. The molecule has 3 rings (SSSR count). The predicted molar refractivity (Wildman–Crippen MR) is 92.2 cm³/mol. The van der Waals surface area contributed by atoms with Gasteiger partial charge in [0, 0.05) is 33.1 Å². The van der Waals surface area contributed by atoms with Gasteiger partial charge in [-0.05, 0) is 31.0 Å². The highest BCUT2D eigenvalue weighted by Crippen LogP contribution is 2.18. The minimum absolute atomic E-state index is 0.0568. The van der Waals surface area contributed by atoms with Gasteiger partial charge in [-0.3, -0.25) is 4.79 Å². The lowest BCUT2D eigenvalue weighted by Crippen LogP contribution is -2.38. The minimum atomic E-state index is -0.303. The average molecular weight is 345 g/mol. The summed E-state index contributed by atoms with van der Waals surface area (Å²) in [5.74, 6) is 0.673. The Kier molecular flexibility index (Phi) is 5.21. The Morgan fingerprint density at radius 3 is 2.76 bits per heavy atom. The van der Waals surface area contributed by atoms with E-state index in [4.69, 9.17) is 9.15 Å². The van der Waals surface area contributed by atoms with Crippen LogP contribution >= 0.6 is 0 Å². The Morgan fingerprint density at radius 1 is 1.20 bits per heavy atom. The third kappa shape index (κ3) is 4.10. The van der Waals surface area contributed by atoms with Crippen molar-refractivity contribution >= 4 is 23.1 Å². The third-order valence-electron chi connectivity index (χ3n) is 4.29. The quantitative estimate of drug-likeness (QED) is 0.854. The Morgan fingerprint density at radius 2 is 1.96 bits per heavy atom. The molecule has 1 aliphatic heterocycles. The van der Waals surface area contributed by atoms with Gasteiger partial charge in [0.2, 0.25) is 5.91 Å². The van der Waals surface area contributed by atoms with Crippen LogP contribution < -0.4 is 0 Å². The molecule has 0 spiro atoms. The first-order chi connectivity index (χ1) is 12.1. The summed E-state index contributed by atoms with van der Waals surface area (Å²) in [5.41, 5.74) is 2.40. The first kappa shape index (κ1) is 17.3. The van der Waals surface area contributed by atoms with Gasteiger partial charge in [0.1, 0.15) is 5.52 Å². The van der Waals surface area contributed by atoms with Gasteiger partial charge in [-0.25, -0.2) is 9.78 Å². The molecule has 0 radical (unpaired) electrons. The molecule has 134 valence electrons. The molecule has 0 saturated carbocycles. The number of hydrogen-bond donors (Lipinski definition) is 0. The number of nitrogens with zero attached hydrogens (tertiary/aromatic N) is 3. The number of carbonyl (C=O) groups is 2. The molecule has 0 N–H and O–H groups in total. The van der Waals surface area contributed by atoms with Crippen molar-refractivity contribution in [3.05, 3.63) is 29.7 Å². The van der Waals surface area contributed by atoms with E-state index in [1.807, 2.05) is 23.1 Å². The van der Waals surface area contributed by atoms with Gasteiger partial charge in [-0.15, -0.1) is 0 Å². The molecule has 0 aliphatic carbocycles. The molecule has 7 nitrogen and oxygen atoms in total. The maximum Gasteiger partial charge on any atom is 0.409 e. The molecule has 1 saturated heterocycles. The van der Waals surface area contributed by atoms with Gasteiger partial charge in [0.15, 0.2) is 11.5 Å². The summed E-state index contributed by atoms with van der Waals surface area (Å²) in [4.78, 5) is 32.2. The molecule has 2 aromatic rings. The summed E-state index contributed by atoms with van der Waals surface area (Å²) in [6, 6.07) is 5.65. The second-order valence-corrected chi connectivity index (χ2v) is 6.13. The van der Waals surface area contributed by atoms with Gasteiger partial charge in [0.25, 0.3) is 0 Å².